The number of likely N-dealkylation sites (N-methyl/N-ethyl adjacent to an activating group) is 1. The lowest BCUT2D eigenvalue weighted by Crippen LogP contribution is -2.41. The molecule has 2 atom stereocenters. The molecule has 2 N–H and O–H groups in total. The maximum absolute atomic E-state index is 12.3. The van der Waals surface area contributed by atoms with Crippen molar-refractivity contribution in [2.45, 2.75) is 25.5 Å². The number of carbonyl (C=O) groups excluding carboxylic acids is 1. The topological polar surface area (TPSA) is 55.6 Å². The summed E-state index contributed by atoms with van der Waals surface area (Å²) in [5, 5.41) is 0.475. The SMILES string of the molecule is CC1OCCC1N(C)C(=O)c1cc(N)cc(Cl)c1. The first-order valence-electron chi connectivity index (χ1n) is 5.94. The Morgan fingerprint density at radius 1 is 1.50 bits per heavy atom. The summed E-state index contributed by atoms with van der Waals surface area (Å²) in [6.07, 6.45) is 0.926. The lowest BCUT2D eigenvalue weighted by Gasteiger charge is -2.27. The first kappa shape index (κ1) is 13.2. The van der Waals surface area contributed by atoms with Crippen LogP contribution in [0.5, 0.6) is 0 Å². The van der Waals surface area contributed by atoms with Gasteiger partial charge in [0.15, 0.2) is 0 Å². The van der Waals surface area contributed by atoms with E-state index in [1.165, 1.54) is 0 Å². The summed E-state index contributed by atoms with van der Waals surface area (Å²) < 4.78 is 5.48. The second-order valence-electron chi connectivity index (χ2n) is 4.62. The Morgan fingerprint density at radius 3 is 2.78 bits per heavy atom. The molecule has 0 radical (unpaired) electrons. The van der Waals surface area contributed by atoms with Crippen LogP contribution in [0, 0.1) is 0 Å². The number of hydrogen-bond donors (Lipinski definition) is 1. The van der Waals surface area contributed by atoms with E-state index in [-0.39, 0.29) is 18.1 Å². The molecular weight excluding hydrogens is 252 g/mol. The van der Waals surface area contributed by atoms with Crippen LogP contribution in [0.15, 0.2) is 18.2 Å². The van der Waals surface area contributed by atoms with E-state index in [1.54, 1.807) is 30.1 Å². The van der Waals surface area contributed by atoms with Gasteiger partial charge < -0.3 is 15.4 Å². The Labute approximate surface area is 112 Å². The maximum Gasteiger partial charge on any atom is 0.254 e. The molecule has 0 spiro atoms. The highest BCUT2D eigenvalue weighted by atomic mass is 35.5. The fraction of sp³-hybridized carbons (Fsp3) is 0.462. The van der Waals surface area contributed by atoms with Crippen molar-refractivity contribution in [2.75, 3.05) is 19.4 Å². The minimum absolute atomic E-state index is 0.0653. The minimum atomic E-state index is -0.0773. The number of benzene rings is 1. The normalized spacial score (nSPS) is 23.1. The molecule has 1 heterocycles. The van der Waals surface area contributed by atoms with Crippen molar-refractivity contribution in [1.29, 1.82) is 0 Å². The molecule has 1 saturated heterocycles. The van der Waals surface area contributed by atoms with Gasteiger partial charge in [-0.25, -0.2) is 0 Å². The zero-order valence-corrected chi connectivity index (χ0v) is 11.3. The Kier molecular flexibility index (Phi) is 3.78. The molecule has 2 rings (SSSR count). The highest BCUT2D eigenvalue weighted by molar-refractivity contribution is 6.31. The zero-order valence-electron chi connectivity index (χ0n) is 10.5. The number of nitrogens with two attached hydrogens (primary N) is 1. The number of hydrogen-bond acceptors (Lipinski definition) is 3. The summed E-state index contributed by atoms with van der Waals surface area (Å²) >= 11 is 5.91. The molecule has 0 aromatic heterocycles. The smallest absolute Gasteiger partial charge is 0.254 e. The van der Waals surface area contributed by atoms with Crippen molar-refractivity contribution in [3.63, 3.8) is 0 Å². The third-order valence-corrected chi connectivity index (χ3v) is 3.54. The van der Waals surface area contributed by atoms with Crippen molar-refractivity contribution in [3.05, 3.63) is 28.8 Å². The number of rotatable bonds is 2. The first-order chi connectivity index (χ1) is 8.49. The molecule has 1 aromatic carbocycles. The zero-order chi connectivity index (χ0) is 13.3. The van der Waals surface area contributed by atoms with E-state index in [4.69, 9.17) is 22.1 Å². The van der Waals surface area contributed by atoms with E-state index in [1.807, 2.05) is 6.92 Å². The van der Waals surface area contributed by atoms with Crippen LogP contribution in [-0.2, 0) is 4.74 Å². The van der Waals surface area contributed by atoms with Crippen LogP contribution < -0.4 is 5.73 Å². The van der Waals surface area contributed by atoms with Gasteiger partial charge in [0.25, 0.3) is 5.91 Å². The molecule has 98 valence electrons. The Bertz CT molecular complexity index is 444. The Hall–Kier alpha value is -1.26. The van der Waals surface area contributed by atoms with E-state index >= 15 is 0 Å². The number of nitrogens with zero attached hydrogens (tertiary/aromatic N) is 1. The molecule has 0 aliphatic carbocycles. The van der Waals surface area contributed by atoms with Crippen LogP contribution in [0.1, 0.15) is 23.7 Å². The summed E-state index contributed by atoms with van der Waals surface area (Å²) in [6.45, 7) is 2.68. The highest BCUT2D eigenvalue weighted by Gasteiger charge is 2.31. The lowest BCUT2D eigenvalue weighted by atomic mass is 10.1. The molecule has 18 heavy (non-hydrogen) atoms. The number of anilines is 1. The maximum atomic E-state index is 12.3. The van der Waals surface area contributed by atoms with Crippen molar-refractivity contribution < 1.29 is 9.53 Å². The second-order valence-corrected chi connectivity index (χ2v) is 5.06. The quantitative estimate of drug-likeness (QED) is 0.837. The summed E-state index contributed by atoms with van der Waals surface area (Å²) in [4.78, 5) is 14.0. The molecule has 0 saturated carbocycles. The van der Waals surface area contributed by atoms with Crippen LogP contribution in [0.3, 0.4) is 0 Å². The summed E-state index contributed by atoms with van der Waals surface area (Å²) in [5.41, 5.74) is 6.71. The number of halogens is 1. The van der Waals surface area contributed by atoms with E-state index in [0.29, 0.717) is 22.9 Å². The Balaban J connectivity index is 2.19. The molecule has 2 unspecified atom stereocenters. The number of amides is 1. The fourth-order valence-corrected chi connectivity index (χ4v) is 2.56. The highest BCUT2D eigenvalue weighted by Crippen LogP contribution is 2.22. The average Bonchev–Trinajstić information content (AvgIpc) is 2.72. The average molecular weight is 269 g/mol. The third kappa shape index (κ3) is 2.60. The van der Waals surface area contributed by atoms with Crippen LogP contribution in [0.2, 0.25) is 5.02 Å². The van der Waals surface area contributed by atoms with Crippen LogP contribution in [0.4, 0.5) is 5.69 Å². The standard InChI is InChI=1S/C13H17ClN2O2/c1-8-12(3-4-18-8)16(2)13(17)9-5-10(14)7-11(15)6-9/h5-8,12H,3-4,15H2,1-2H3. The van der Waals surface area contributed by atoms with E-state index < -0.39 is 0 Å². The number of carbonyl (C=O) groups is 1. The van der Waals surface area contributed by atoms with Gasteiger partial charge in [-0.2, -0.15) is 0 Å². The first-order valence-corrected chi connectivity index (χ1v) is 6.31. The number of ether oxygens (including phenoxy) is 1. The van der Waals surface area contributed by atoms with Gasteiger partial charge in [0.1, 0.15) is 0 Å². The van der Waals surface area contributed by atoms with Gasteiger partial charge in [0.2, 0.25) is 0 Å². The lowest BCUT2D eigenvalue weighted by molar-refractivity contribution is 0.0574. The molecule has 1 amide bonds. The summed E-state index contributed by atoms with van der Waals surface area (Å²) in [7, 11) is 1.79. The summed E-state index contributed by atoms with van der Waals surface area (Å²) in [5.74, 6) is -0.0773. The second kappa shape index (κ2) is 5.16. The molecule has 1 aromatic rings. The van der Waals surface area contributed by atoms with E-state index in [9.17, 15) is 4.79 Å². The number of nitrogen functional groups attached to an aromatic ring is 1. The predicted octanol–water partition coefficient (Wildman–Crippen LogP) is 2.17. The van der Waals surface area contributed by atoms with Crippen molar-refractivity contribution >= 4 is 23.2 Å². The van der Waals surface area contributed by atoms with Crippen molar-refractivity contribution in [3.8, 4) is 0 Å². The van der Waals surface area contributed by atoms with Gasteiger partial charge in [-0.3, -0.25) is 4.79 Å². The monoisotopic (exact) mass is 268 g/mol. The van der Waals surface area contributed by atoms with Crippen molar-refractivity contribution in [1.82, 2.24) is 4.90 Å². The largest absolute Gasteiger partial charge is 0.399 e. The van der Waals surface area contributed by atoms with Gasteiger partial charge in [0.05, 0.1) is 12.1 Å². The van der Waals surface area contributed by atoms with Gasteiger partial charge >= 0.3 is 0 Å². The van der Waals surface area contributed by atoms with Crippen LogP contribution >= 0.6 is 11.6 Å². The van der Waals surface area contributed by atoms with E-state index in [2.05, 4.69) is 0 Å². The Morgan fingerprint density at radius 2 is 2.22 bits per heavy atom. The molecule has 4 nitrogen and oxygen atoms in total. The summed E-state index contributed by atoms with van der Waals surface area (Å²) in [6, 6.07) is 5.01. The van der Waals surface area contributed by atoms with Gasteiger partial charge in [-0.05, 0) is 31.5 Å². The van der Waals surface area contributed by atoms with Crippen molar-refractivity contribution in [2.24, 2.45) is 0 Å². The van der Waals surface area contributed by atoms with Crippen LogP contribution in [-0.4, -0.2) is 36.6 Å². The van der Waals surface area contributed by atoms with Gasteiger partial charge in [-0.1, -0.05) is 11.6 Å². The van der Waals surface area contributed by atoms with E-state index in [0.717, 1.165) is 6.42 Å². The fourth-order valence-electron chi connectivity index (χ4n) is 2.32. The third-order valence-electron chi connectivity index (χ3n) is 3.32. The van der Waals surface area contributed by atoms with Gasteiger partial charge in [-0.15, -0.1) is 0 Å². The molecule has 0 bridgehead atoms. The predicted molar refractivity (Wildman–Crippen MR) is 71.8 cm³/mol. The molecule has 5 heteroatoms. The molecule has 1 fully saturated rings. The minimum Gasteiger partial charge on any atom is -0.399 e. The molecular formula is C13H17ClN2O2. The molecule has 1 aliphatic rings. The van der Waals surface area contributed by atoms with Crippen LogP contribution in [0.25, 0.3) is 0 Å². The molecule has 1 aliphatic heterocycles. The van der Waals surface area contributed by atoms with Gasteiger partial charge in [0, 0.05) is 29.9 Å².